The fraction of sp³-hybridized carbons (Fsp3) is 0.769. The number of hydrogen-bond donors (Lipinski definition) is 2. The summed E-state index contributed by atoms with van der Waals surface area (Å²) in [7, 11) is 0. The molecule has 0 aliphatic heterocycles. The minimum absolute atomic E-state index is 0. The Hall–Kier alpha value is -0.720. The minimum atomic E-state index is -0.562. The standard InChI is InChI=1S/C13H24N4OS.ClH/c1-6-8(7-2)11-16-17-12(19-11)15-10(18)9(14)13(3,4)5;/h8-9H,6-7,14H2,1-5H3,(H,15,17,18);1H/t9-;/m1./s1. The van der Waals surface area contributed by atoms with Gasteiger partial charge >= 0.3 is 0 Å². The predicted molar refractivity (Wildman–Crippen MR) is 86.5 cm³/mol. The summed E-state index contributed by atoms with van der Waals surface area (Å²) in [6.07, 6.45) is 2.06. The molecular formula is C13H25ClN4OS. The molecule has 3 N–H and O–H groups in total. The van der Waals surface area contributed by atoms with Crippen LogP contribution >= 0.6 is 23.7 Å². The third kappa shape index (κ3) is 5.00. The molecule has 1 amide bonds. The average Bonchev–Trinajstić information content (AvgIpc) is 2.77. The molecule has 20 heavy (non-hydrogen) atoms. The number of amides is 1. The second-order valence-corrected chi connectivity index (χ2v) is 6.80. The highest BCUT2D eigenvalue weighted by atomic mass is 35.5. The first-order chi connectivity index (χ1) is 8.79. The summed E-state index contributed by atoms with van der Waals surface area (Å²) in [4.78, 5) is 12.0. The predicted octanol–water partition coefficient (Wildman–Crippen LogP) is 3.18. The van der Waals surface area contributed by atoms with Crippen LogP contribution in [0.1, 0.15) is 58.4 Å². The average molecular weight is 321 g/mol. The van der Waals surface area contributed by atoms with Crippen molar-refractivity contribution >= 4 is 34.8 Å². The molecule has 1 aromatic rings. The number of nitrogens with zero attached hydrogens (tertiary/aromatic N) is 2. The highest BCUT2D eigenvalue weighted by Crippen LogP contribution is 2.28. The number of halogens is 1. The second kappa shape index (κ2) is 7.90. The van der Waals surface area contributed by atoms with Gasteiger partial charge in [-0.3, -0.25) is 10.1 Å². The number of nitrogens with two attached hydrogens (primary N) is 1. The van der Waals surface area contributed by atoms with Gasteiger partial charge in [0.1, 0.15) is 5.01 Å². The number of aromatic nitrogens is 2. The highest BCUT2D eigenvalue weighted by molar-refractivity contribution is 7.15. The van der Waals surface area contributed by atoms with Crippen molar-refractivity contribution < 1.29 is 4.79 Å². The van der Waals surface area contributed by atoms with Gasteiger partial charge in [-0.1, -0.05) is 46.0 Å². The van der Waals surface area contributed by atoms with Crippen LogP contribution in [0, 0.1) is 5.41 Å². The molecule has 0 radical (unpaired) electrons. The lowest BCUT2D eigenvalue weighted by Gasteiger charge is -2.25. The first-order valence-electron chi connectivity index (χ1n) is 6.69. The molecule has 0 saturated carbocycles. The van der Waals surface area contributed by atoms with E-state index in [1.54, 1.807) is 0 Å². The lowest BCUT2D eigenvalue weighted by molar-refractivity contribution is -0.119. The summed E-state index contributed by atoms with van der Waals surface area (Å²) >= 11 is 1.44. The van der Waals surface area contributed by atoms with Crippen molar-refractivity contribution in [3.8, 4) is 0 Å². The van der Waals surface area contributed by atoms with Gasteiger partial charge in [0.15, 0.2) is 0 Å². The van der Waals surface area contributed by atoms with Crippen LogP contribution in [-0.2, 0) is 4.79 Å². The van der Waals surface area contributed by atoms with Gasteiger partial charge in [0.05, 0.1) is 6.04 Å². The van der Waals surface area contributed by atoms with Gasteiger partial charge in [-0.25, -0.2) is 0 Å². The zero-order valence-electron chi connectivity index (χ0n) is 12.8. The Balaban J connectivity index is 0.00000361. The van der Waals surface area contributed by atoms with Gasteiger partial charge in [-0.2, -0.15) is 0 Å². The van der Waals surface area contributed by atoms with Crippen LogP contribution in [0.4, 0.5) is 5.13 Å². The number of carbonyl (C=O) groups is 1. The van der Waals surface area contributed by atoms with Crippen molar-refractivity contribution in [2.75, 3.05) is 5.32 Å². The molecule has 1 atom stereocenters. The van der Waals surface area contributed by atoms with E-state index in [1.165, 1.54) is 11.3 Å². The molecular weight excluding hydrogens is 296 g/mol. The van der Waals surface area contributed by atoms with E-state index < -0.39 is 6.04 Å². The molecule has 7 heteroatoms. The second-order valence-electron chi connectivity index (χ2n) is 5.79. The fourth-order valence-corrected chi connectivity index (χ4v) is 2.68. The Kier molecular flexibility index (Phi) is 7.62. The quantitative estimate of drug-likeness (QED) is 0.873. The lowest BCUT2D eigenvalue weighted by Crippen LogP contribution is -2.45. The zero-order valence-corrected chi connectivity index (χ0v) is 14.4. The number of rotatable bonds is 5. The summed E-state index contributed by atoms with van der Waals surface area (Å²) in [5.74, 6) is 0.208. The Morgan fingerprint density at radius 3 is 2.30 bits per heavy atom. The third-order valence-corrected chi connectivity index (χ3v) is 4.22. The summed E-state index contributed by atoms with van der Waals surface area (Å²) in [5, 5.41) is 12.4. The first-order valence-corrected chi connectivity index (χ1v) is 7.51. The Morgan fingerprint density at radius 1 is 1.30 bits per heavy atom. The van der Waals surface area contributed by atoms with Crippen LogP contribution in [-0.4, -0.2) is 22.1 Å². The summed E-state index contributed by atoms with van der Waals surface area (Å²) in [6.45, 7) is 10.1. The van der Waals surface area contributed by atoms with E-state index in [1.807, 2.05) is 20.8 Å². The van der Waals surface area contributed by atoms with Gasteiger partial charge in [0.25, 0.3) is 0 Å². The van der Waals surface area contributed by atoms with Crippen molar-refractivity contribution in [1.29, 1.82) is 0 Å². The van der Waals surface area contributed by atoms with Crippen molar-refractivity contribution in [2.45, 2.75) is 59.4 Å². The molecule has 1 heterocycles. The van der Waals surface area contributed by atoms with Crippen molar-refractivity contribution in [3.63, 3.8) is 0 Å². The molecule has 1 rings (SSSR count). The number of anilines is 1. The summed E-state index contributed by atoms with van der Waals surface area (Å²) < 4.78 is 0. The van der Waals surface area contributed by atoms with Crippen molar-refractivity contribution in [2.24, 2.45) is 11.1 Å². The van der Waals surface area contributed by atoms with Crippen LogP contribution in [0.25, 0.3) is 0 Å². The van der Waals surface area contributed by atoms with Crippen LogP contribution < -0.4 is 11.1 Å². The minimum Gasteiger partial charge on any atom is -0.319 e. The van der Waals surface area contributed by atoms with Crippen LogP contribution in [0.15, 0.2) is 0 Å². The summed E-state index contributed by atoms with van der Waals surface area (Å²) in [5.41, 5.74) is 5.63. The van der Waals surface area contributed by atoms with Crippen LogP contribution in [0.5, 0.6) is 0 Å². The van der Waals surface area contributed by atoms with Crippen molar-refractivity contribution in [3.05, 3.63) is 5.01 Å². The third-order valence-electron chi connectivity index (χ3n) is 3.22. The monoisotopic (exact) mass is 320 g/mol. The smallest absolute Gasteiger partial charge is 0.243 e. The SMILES string of the molecule is CCC(CC)c1nnc(NC(=O)[C@@H](N)C(C)(C)C)s1.Cl. The van der Waals surface area contributed by atoms with E-state index in [4.69, 9.17) is 5.73 Å². The van der Waals surface area contributed by atoms with E-state index >= 15 is 0 Å². The number of nitrogens with one attached hydrogen (secondary N) is 1. The van der Waals surface area contributed by atoms with E-state index in [2.05, 4.69) is 29.4 Å². The molecule has 0 aromatic carbocycles. The molecule has 0 bridgehead atoms. The first kappa shape index (κ1) is 19.3. The van der Waals surface area contributed by atoms with E-state index in [-0.39, 0.29) is 23.7 Å². The zero-order chi connectivity index (χ0) is 14.6. The fourth-order valence-electron chi connectivity index (χ4n) is 1.66. The van der Waals surface area contributed by atoms with E-state index in [0.717, 1.165) is 17.8 Å². The molecule has 1 aromatic heterocycles. The maximum Gasteiger partial charge on any atom is 0.243 e. The topological polar surface area (TPSA) is 80.9 Å². The van der Waals surface area contributed by atoms with Crippen LogP contribution in [0.2, 0.25) is 0 Å². The van der Waals surface area contributed by atoms with Gasteiger partial charge in [-0.15, -0.1) is 22.6 Å². The van der Waals surface area contributed by atoms with Crippen molar-refractivity contribution in [1.82, 2.24) is 10.2 Å². The van der Waals surface area contributed by atoms with Gasteiger partial charge in [0.2, 0.25) is 11.0 Å². The number of hydrogen-bond acceptors (Lipinski definition) is 5. The normalized spacial score (nSPS) is 12.9. The highest BCUT2D eigenvalue weighted by Gasteiger charge is 2.28. The Bertz CT molecular complexity index is 426. The molecule has 5 nitrogen and oxygen atoms in total. The maximum absolute atomic E-state index is 12.0. The molecule has 0 aliphatic carbocycles. The number of carbonyl (C=O) groups excluding carboxylic acids is 1. The molecule has 0 fully saturated rings. The van der Waals surface area contributed by atoms with Gasteiger partial charge in [0, 0.05) is 5.92 Å². The van der Waals surface area contributed by atoms with Gasteiger partial charge < -0.3 is 5.73 Å². The molecule has 0 aliphatic rings. The Labute approximate surface area is 131 Å². The summed E-state index contributed by atoms with van der Waals surface area (Å²) in [6, 6.07) is -0.562. The lowest BCUT2D eigenvalue weighted by atomic mass is 9.87. The van der Waals surface area contributed by atoms with E-state index in [0.29, 0.717) is 11.0 Å². The Morgan fingerprint density at radius 2 is 1.85 bits per heavy atom. The molecule has 0 spiro atoms. The molecule has 0 saturated heterocycles. The largest absolute Gasteiger partial charge is 0.319 e. The maximum atomic E-state index is 12.0. The molecule has 0 unspecified atom stereocenters. The van der Waals surface area contributed by atoms with Gasteiger partial charge in [-0.05, 0) is 18.3 Å². The van der Waals surface area contributed by atoms with Crippen LogP contribution in [0.3, 0.4) is 0 Å². The molecule has 116 valence electrons. The van der Waals surface area contributed by atoms with E-state index in [9.17, 15) is 4.79 Å².